The van der Waals surface area contributed by atoms with Crippen LogP contribution in [0, 0.1) is 17.8 Å². The lowest BCUT2D eigenvalue weighted by Crippen LogP contribution is -2.10. The Morgan fingerprint density at radius 1 is 0.889 bits per heavy atom. The highest BCUT2D eigenvalue weighted by molar-refractivity contribution is 4.69. The molecule has 0 nitrogen and oxygen atoms in total. The molecule has 1 rings (SSSR count). The van der Waals surface area contributed by atoms with Crippen LogP contribution in [0.5, 0.6) is 0 Å². The molecule has 18 heavy (non-hydrogen) atoms. The molecule has 0 aromatic heterocycles. The Balaban J connectivity index is 2.35. The van der Waals surface area contributed by atoms with Gasteiger partial charge in [0.25, 0.3) is 0 Å². The molecule has 0 heterocycles. The summed E-state index contributed by atoms with van der Waals surface area (Å²) in [5.74, 6) is 3.05. The molecule has 1 fully saturated rings. The Kier molecular flexibility index (Phi) is 8.80. The van der Waals surface area contributed by atoms with Crippen molar-refractivity contribution in [2.45, 2.75) is 97.8 Å². The zero-order chi connectivity index (χ0) is 13.2. The zero-order valence-corrected chi connectivity index (χ0v) is 13.2. The van der Waals surface area contributed by atoms with Crippen LogP contribution in [0.15, 0.2) is 0 Å². The Bertz CT molecular complexity index is 184. The maximum Gasteiger partial charge on any atom is -0.0412 e. The van der Waals surface area contributed by atoms with Crippen LogP contribution in [0.25, 0.3) is 0 Å². The van der Waals surface area contributed by atoms with Crippen molar-refractivity contribution < 1.29 is 0 Å². The van der Waals surface area contributed by atoms with Crippen molar-refractivity contribution in [3.63, 3.8) is 0 Å². The molecule has 0 heteroatoms. The SMILES string of the molecule is CCCC(CC)CC1CCCCCC(C)CCC1. The maximum atomic E-state index is 2.46. The van der Waals surface area contributed by atoms with Crippen molar-refractivity contribution in [1.82, 2.24) is 0 Å². The molecular weight excluding hydrogens is 216 g/mol. The van der Waals surface area contributed by atoms with E-state index in [1.165, 1.54) is 77.0 Å². The molecule has 0 bridgehead atoms. The lowest BCUT2D eigenvalue weighted by atomic mass is 9.82. The van der Waals surface area contributed by atoms with Gasteiger partial charge in [-0.2, -0.15) is 0 Å². The molecule has 0 aromatic rings. The van der Waals surface area contributed by atoms with Crippen LogP contribution < -0.4 is 0 Å². The minimum Gasteiger partial charge on any atom is -0.0654 e. The van der Waals surface area contributed by atoms with Gasteiger partial charge in [-0.3, -0.25) is 0 Å². The van der Waals surface area contributed by atoms with Crippen LogP contribution in [0.4, 0.5) is 0 Å². The average Bonchev–Trinajstić information content (AvgIpc) is 2.37. The molecule has 1 saturated carbocycles. The van der Waals surface area contributed by atoms with E-state index < -0.39 is 0 Å². The summed E-state index contributed by atoms with van der Waals surface area (Å²) in [5, 5.41) is 0. The zero-order valence-electron chi connectivity index (χ0n) is 13.2. The molecule has 108 valence electrons. The average molecular weight is 252 g/mol. The fraction of sp³-hybridized carbons (Fsp3) is 1.00. The molecule has 3 unspecified atom stereocenters. The predicted octanol–water partition coefficient (Wildman–Crippen LogP) is 6.59. The fourth-order valence-electron chi connectivity index (χ4n) is 3.75. The first kappa shape index (κ1) is 16.1. The Labute approximate surface area is 116 Å². The van der Waals surface area contributed by atoms with E-state index >= 15 is 0 Å². The standard InChI is InChI=1S/C18H36/c1-4-10-17(5-2)15-18-13-8-6-7-11-16(3)12-9-14-18/h16-18H,4-15H2,1-3H3. The van der Waals surface area contributed by atoms with E-state index in [2.05, 4.69) is 20.8 Å². The van der Waals surface area contributed by atoms with E-state index in [0.29, 0.717) is 0 Å². The minimum atomic E-state index is 0.987. The van der Waals surface area contributed by atoms with Crippen LogP contribution in [0.1, 0.15) is 97.8 Å². The second-order valence-electron chi connectivity index (χ2n) is 6.84. The largest absolute Gasteiger partial charge is 0.0654 e. The van der Waals surface area contributed by atoms with Crippen LogP contribution in [-0.2, 0) is 0 Å². The lowest BCUT2D eigenvalue weighted by molar-refractivity contribution is 0.283. The van der Waals surface area contributed by atoms with Crippen LogP contribution in [0.3, 0.4) is 0 Å². The highest BCUT2D eigenvalue weighted by Gasteiger charge is 2.16. The van der Waals surface area contributed by atoms with Gasteiger partial charge in [0.1, 0.15) is 0 Å². The quantitative estimate of drug-likeness (QED) is 0.518. The molecule has 0 saturated heterocycles. The van der Waals surface area contributed by atoms with Crippen LogP contribution >= 0.6 is 0 Å². The van der Waals surface area contributed by atoms with Gasteiger partial charge in [0.2, 0.25) is 0 Å². The number of rotatable bonds is 5. The van der Waals surface area contributed by atoms with E-state index in [0.717, 1.165) is 17.8 Å². The molecule has 1 aliphatic rings. The van der Waals surface area contributed by atoms with Crippen molar-refractivity contribution in [2.75, 3.05) is 0 Å². The Morgan fingerprint density at radius 2 is 1.56 bits per heavy atom. The van der Waals surface area contributed by atoms with E-state index in [1.54, 1.807) is 0 Å². The fourth-order valence-corrected chi connectivity index (χ4v) is 3.75. The molecule has 0 N–H and O–H groups in total. The number of hydrogen-bond acceptors (Lipinski definition) is 0. The van der Waals surface area contributed by atoms with Gasteiger partial charge in [0.15, 0.2) is 0 Å². The summed E-state index contributed by atoms with van der Waals surface area (Å²) in [5.41, 5.74) is 0. The van der Waals surface area contributed by atoms with Crippen molar-refractivity contribution in [2.24, 2.45) is 17.8 Å². The minimum absolute atomic E-state index is 0.987. The summed E-state index contributed by atoms with van der Waals surface area (Å²) in [6.07, 6.45) is 17.8. The van der Waals surface area contributed by atoms with Gasteiger partial charge < -0.3 is 0 Å². The monoisotopic (exact) mass is 252 g/mol. The van der Waals surface area contributed by atoms with Gasteiger partial charge in [0.05, 0.1) is 0 Å². The summed E-state index contributed by atoms with van der Waals surface area (Å²) in [4.78, 5) is 0. The van der Waals surface area contributed by atoms with Gasteiger partial charge in [-0.05, 0) is 24.2 Å². The molecule has 1 aliphatic carbocycles. The summed E-state index contributed by atoms with van der Waals surface area (Å²) in [6, 6.07) is 0. The molecule has 0 aliphatic heterocycles. The Hall–Kier alpha value is 0. The van der Waals surface area contributed by atoms with Crippen molar-refractivity contribution in [1.29, 1.82) is 0 Å². The first-order chi connectivity index (χ1) is 8.76. The highest BCUT2D eigenvalue weighted by Crippen LogP contribution is 2.30. The van der Waals surface area contributed by atoms with E-state index in [9.17, 15) is 0 Å². The van der Waals surface area contributed by atoms with E-state index in [4.69, 9.17) is 0 Å². The van der Waals surface area contributed by atoms with Gasteiger partial charge in [0, 0.05) is 0 Å². The summed E-state index contributed by atoms with van der Waals surface area (Å²) < 4.78 is 0. The van der Waals surface area contributed by atoms with Crippen molar-refractivity contribution >= 4 is 0 Å². The van der Waals surface area contributed by atoms with Gasteiger partial charge >= 0.3 is 0 Å². The van der Waals surface area contributed by atoms with Gasteiger partial charge in [-0.1, -0.05) is 91.4 Å². The molecule has 0 radical (unpaired) electrons. The highest BCUT2D eigenvalue weighted by atomic mass is 14.2. The van der Waals surface area contributed by atoms with Crippen molar-refractivity contribution in [3.8, 4) is 0 Å². The second kappa shape index (κ2) is 9.87. The first-order valence-electron chi connectivity index (χ1n) is 8.76. The van der Waals surface area contributed by atoms with Crippen molar-refractivity contribution in [3.05, 3.63) is 0 Å². The van der Waals surface area contributed by atoms with Gasteiger partial charge in [-0.15, -0.1) is 0 Å². The number of hydrogen-bond donors (Lipinski definition) is 0. The molecule has 3 atom stereocenters. The lowest BCUT2D eigenvalue weighted by Gasteiger charge is -2.24. The summed E-state index contributed by atoms with van der Waals surface area (Å²) in [7, 11) is 0. The normalized spacial score (nSPS) is 28.8. The van der Waals surface area contributed by atoms with E-state index in [1.807, 2.05) is 0 Å². The summed E-state index contributed by atoms with van der Waals surface area (Å²) >= 11 is 0. The third-order valence-electron chi connectivity index (χ3n) is 5.06. The smallest absolute Gasteiger partial charge is 0.0412 e. The predicted molar refractivity (Wildman–Crippen MR) is 82.9 cm³/mol. The first-order valence-corrected chi connectivity index (χ1v) is 8.76. The van der Waals surface area contributed by atoms with Crippen LogP contribution in [-0.4, -0.2) is 0 Å². The molecular formula is C18H36. The second-order valence-corrected chi connectivity index (χ2v) is 6.84. The molecule has 0 aromatic carbocycles. The third-order valence-corrected chi connectivity index (χ3v) is 5.06. The maximum absolute atomic E-state index is 2.46. The molecule has 0 spiro atoms. The van der Waals surface area contributed by atoms with E-state index in [-0.39, 0.29) is 0 Å². The van der Waals surface area contributed by atoms with Gasteiger partial charge in [-0.25, -0.2) is 0 Å². The summed E-state index contributed by atoms with van der Waals surface area (Å²) in [6.45, 7) is 7.20. The molecule has 0 amide bonds. The van der Waals surface area contributed by atoms with Crippen LogP contribution in [0.2, 0.25) is 0 Å². The topological polar surface area (TPSA) is 0 Å². The third kappa shape index (κ3) is 6.81. The Morgan fingerprint density at radius 3 is 2.28 bits per heavy atom.